The predicted octanol–water partition coefficient (Wildman–Crippen LogP) is 5.22. The van der Waals surface area contributed by atoms with Crippen LogP contribution < -0.4 is 4.74 Å². The van der Waals surface area contributed by atoms with E-state index >= 15 is 0 Å². The van der Waals surface area contributed by atoms with Gasteiger partial charge >= 0.3 is 18.0 Å². The highest BCUT2D eigenvalue weighted by Crippen LogP contribution is 2.52. The highest BCUT2D eigenvalue weighted by Gasteiger charge is 2.67. The average Bonchev–Trinajstić information content (AvgIpc) is 2.54. The van der Waals surface area contributed by atoms with Crippen molar-refractivity contribution in [3.63, 3.8) is 0 Å². The minimum Gasteiger partial charge on any atom is -0.478 e. The number of rotatable bonds is 5. The third-order valence-corrected chi connectivity index (χ3v) is 3.98. The van der Waals surface area contributed by atoms with E-state index in [1.807, 2.05) is 0 Å². The van der Waals surface area contributed by atoms with E-state index in [0.717, 1.165) is 0 Å². The zero-order valence-corrected chi connectivity index (χ0v) is 13.6. The quantitative estimate of drug-likeness (QED) is 0.416. The van der Waals surface area contributed by atoms with Crippen molar-refractivity contribution in [1.82, 2.24) is 0 Å². The molecular formula is C16H12F8O3. The van der Waals surface area contributed by atoms with E-state index in [1.165, 1.54) is 0 Å². The Labute approximate surface area is 147 Å². The molecule has 27 heavy (non-hydrogen) atoms. The fourth-order valence-electron chi connectivity index (χ4n) is 2.66. The van der Waals surface area contributed by atoms with E-state index < -0.39 is 70.1 Å². The van der Waals surface area contributed by atoms with Crippen LogP contribution in [0.3, 0.4) is 0 Å². The molecule has 1 unspecified atom stereocenters. The Balaban J connectivity index is 2.85. The Morgan fingerprint density at radius 2 is 1.67 bits per heavy atom. The van der Waals surface area contributed by atoms with E-state index in [4.69, 9.17) is 5.11 Å². The normalized spacial score (nSPS) is 19.7. The lowest BCUT2D eigenvalue weighted by Crippen LogP contribution is -2.52. The fourth-order valence-corrected chi connectivity index (χ4v) is 2.66. The SMILES string of the molecule is CCCCCc1c(F)c(F)c(F)c2c1OC(F)(C(F)(F)F)C(C(=O)O)=C2F. The van der Waals surface area contributed by atoms with E-state index in [0.29, 0.717) is 12.8 Å². The zero-order chi connectivity index (χ0) is 20.7. The molecule has 1 aliphatic heterocycles. The number of carboxylic acids is 1. The Morgan fingerprint density at radius 1 is 1.07 bits per heavy atom. The molecule has 0 saturated heterocycles. The second-order valence-electron chi connectivity index (χ2n) is 5.77. The van der Waals surface area contributed by atoms with Gasteiger partial charge in [0.15, 0.2) is 28.9 Å². The van der Waals surface area contributed by atoms with Gasteiger partial charge in [0.2, 0.25) is 0 Å². The first-order chi connectivity index (χ1) is 12.4. The summed E-state index contributed by atoms with van der Waals surface area (Å²) in [5, 5.41) is 8.78. The van der Waals surface area contributed by atoms with Gasteiger partial charge in [-0.2, -0.15) is 17.6 Å². The van der Waals surface area contributed by atoms with Gasteiger partial charge in [-0.3, -0.25) is 0 Å². The second kappa shape index (κ2) is 7.01. The molecule has 1 aromatic carbocycles. The molecule has 0 radical (unpaired) electrons. The first kappa shape index (κ1) is 21.0. The Bertz CT molecular complexity index is 815. The standard InChI is InChI=1S/C16H12F8O3/c1-2-3-4-5-6-9(17)12(20)11(19)7-10(18)8(14(25)26)15(21,16(22,23)24)27-13(6)7/h2-5H2,1H3,(H,25,26). The van der Waals surface area contributed by atoms with Gasteiger partial charge < -0.3 is 9.84 Å². The smallest absolute Gasteiger partial charge is 0.465 e. The van der Waals surface area contributed by atoms with Crippen LogP contribution in [-0.4, -0.2) is 23.1 Å². The monoisotopic (exact) mass is 404 g/mol. The highest BCUT2D eigenvalue weighted by atomic mass is 19.4. The van der Waals surface area contributed by atoms with Crippen molar-refractivity contribution in [3.8, 4) is 5.75 Å². The van der Waals surface area contributed by atoms with Gasteiger partial charge in [0.05, 0.1) is 5.56 Å². The van der Waals surface area contributed by atoms with Gasteiger partial charge in [-0.25, -0.2) is 22.4 Å². The average molecular weight is 404 g/mol. The number of ether oxygens (including phenoxy) is 1. The lowest BCUT2D eigenvalue weighted by molar-refractivity contribution is -0.285. The molecule has 1 heterocycles. The van der Waals surface area contributed by atoms with E-state index in [-0.39, 0.29) is 6.42 Å². The number of fused-ring (bicyclic) bond motifs is 1. The van der Waals surface area contributed by atoms with Crippen molar-refractivity contribution in [2.45, 2.75) is 44.6 Å². The molecule has 0 amide bonds. The number of alkyl halides is 4. The number of halogens is 8. The van der Waals surface area contributed by atoms with Crippen molar-refractivity contribution in [2.75, 3.05) is 0 Å². The number of hydrogen-bond acceptors (Lipinski definition) is 2. The van der Waals surface area contributed by atoms with Crippen LogP contribution in [-0.2, 0) is 11.2 Å². The van der Waals surface area contributed by atoms with Crippen LogP contribution in [0.15, 0.2) is 5.57 Å². The number of benzene rings is 1. The van der Waals surface area contributed by atoms with E-state index in [2.05, 4.69) is 4.74 Å². The van der Waals surface area contributed by atoms with Gasteiger partial charge in [-0.1, -0.05) is 19.8 Å². The van der Waals surface area contributed by atoms with Crippen LogP contribution in [0.4, 0.5) is 35.1 Å². The number of aliphatic carboxylic acids is 1. The molecule has 0 aromatic heterocycles. The summed E-state index contributed by atoms with van der Waals surface area (Å²) < 4.78 is 114. The highest BCUT2D eigenvalue weighted by molar-refractivity contribution is 5.98. The summed E-state index contributed by atoms with van der Waals surface area (Å²) >= 11 is 0. The van der Waals surface area contributed by atoms with Crippen molar-refractivity contribution in [3.05, 3.63) is 34.2 Å². The number of hydrogen-bond donors (Lipinski definition) is 1. The minimum absolute atomic E-state index is 0.0662. The zero-order valence-electron chi connectivity index (χ0n) is 13.6. The number of carbonyl (C=O) groups is 1. The lowest BCUT2D eigenvalue weighted by Gasteiger charge is -2.34. The van der Waals surface area contributed by atoms with E-state index in [9.17, 15) is 39.9 Å². The van der Waals surface area contributed by atoms with Crippen LogP contribution in [0.5, 0.6) is 5.75 Å². The van der Waals surface area contributed by atoms with Crippen LogP contribution in [0.2, 0.25) is 0 Å². The Hall–Kier alpha value is -2.33. The molecule has 1 atom stereocenters. The van der Waals surface area contributed by atoms with Crippen molar-refractivity contribution < 1.29 is 49.8 Å². The maximum atomic E-state index is 14.5. The minimum atomic E-state index is -6.10. The summed E-state index contributed by atoms with van der Waals surface area (Å²) in [6.45, 7) is 1.71. The maximum Gasteiger partial charge on any atom is 0.465 e. The van der Waals surface area contributed by atoms with Gasteiger partial charge in [0, 0.05) is 5.56 Å². The van der Waals surface area contributed by atoms with Crippen molar-refractivity contribution in [2.24, 2.45) is 0 Å². The third-order valence-electron chi connectivity index (χ3n) is 3.98. The molecule has 1 aromatic rings. The van der Waals surface area contributed by atoms with Crippen LogP contribution in [0, 0.1) is 17.5 Å². The third kappa shape index (κ3) is 3.23. The first-order valence-corrected chi connectivity index (χ1v) is 7.66. The molecule has 1 aliphatic rings. The Morgan fingerprint density at radius 3 is 2.15 bits per heavy atom. The molecule has 0 saturated carbocycles. The lowest BCUT2D eigenvalue weighted by atomic mass is 9.93. The molecule has 3 nitrogen and oxygen atoms in total. The Kier molecular flexibility index (Phi) is 5.44. The van der Waals surface area contributed by atoms with Crippen LogP contribution in [0.1, 0.15) is 37.3 Å². The number of carboxylic acid groups (broad SMARTS) is 1. The molecule has 11 heteroatoms. The summed E-state index contributed by atoms with van der Waals surface area (Å²) in [5.41, 5.74) is -5.31. The summed E-state index contributed by atoms with van der Waals surface area (Å²) in [7, 11) is 0. The largest absolute Gasteiger partial charge is 0.478 e. The fraction of sp³-hybridized carbons (Fsp3) is 0.438. The second-order valence-corrected chi connectivity index (χ2v) is 5.77. The van der Waals surface area contributed by atoms with Crippen LogP contribution >= 0.6 is 0 Å². The first-order valence-electron chi connectivity index (χ1n) is 7.66. The maximum absolute atomic E-state index is 14.5. The summed E-state index contributed by atoms with van der Waals surface area (Å²) in [6.07, 6.45) is -5.59. The molecule has 0 aliphatic carbocycles. The van der Waals surface area contributed by atoms with Gasteiger partial charge in [0.25, 0.3) is 0 Å². The topological polar surface area (TPSA) is 46.5 Å². The molecule has 1 N–H and O–H groups in total. The van der Waals surface area contributed by atoms with Crippen molar-refractivity contribution >= 4 is 11.8 Å². The molecular weight excluding hydrogens is 392 g/mol. The van der Waals surface area contributed by atoms with Gasteiger partial charge in [-0.05, 0) is 12.8 Å². The molecule has 2 rings (SSSR count). The summed E-state index contributed by atoms with van der Waals surface area (Å²) in [4.78, 5) is 11.0. The molecule has 0 spiro atoms. The molecule has 150 valence electrons. The van der Waals surface area contributed by atoms with E-state index in [1.54, 1.807) is 6.92 Å². The molecule has 0 bridgehead atoms. The van der Waals surface area contributed by atoms with Gasteiger partial charge in [-0.15, -0.1) is 0 Å². The van der Waals surface area contributed by atoms with Gasteiger partial charge in [0.1, 0.15) is 5.75 Å². The number of unbranched alkanes of at least 4 members (excludes halogenated alkanes) is 2. The van der Waals surface area contributed by atoms with Crippen molar-refractivity contribution in [1.29, 1.82) is 0 Å². The predicted molar refractivity (Wildman–Crippen MR) is 75.7 cm³/mol. The summed E-state index contributed by atoms with van der Waals surface area (Å²) in [5.74, 6) is -18.6. The summed E-state index contributed by atoms with van der Waals surface area (Å²) in [6, 6.07) is 0. The van der Waals surface area contributed by atoms with Crippen LogP contribution in [0.25, 0.3) is 5.83 Å². The molecule has 0 fully saturated rings.